The summed E-state index contributed by atoms with van der Waals surface area (Å²) in [7, 11) is 0. The van der Waals surface area contributed by atoms with Crippen molar-refractivity contribution in [2.24, 2.45) is 11.8 Å². The van der Waals surface area contributed by atoms with Crippen LogP contribution in [0.3, 0.4) is 0 Å². The first-order valence-electron chi connectivity index (χ1n) is 12.9. The van der Waals surface area contributed by atoms with Gasteiger partial charge in [0.15, 0.2) is 0 Å². The first-order valence-corrected chi connectivity index (χ1v) is 12.9. The van der Waals surface area contributed by atoms with E-state index in [0.717, 1.165) is 62.5 Å². The van der Waals surface area contributed by atoms with Gasteiger partial charge in [0.2, 0.25) is 0 Å². The third kappa shape index (κ3) is 9.38. The molecule has 6 nitrogen and oxygen atoms in total. The van der Waals surface area contributed by atoms with Crippen molar-refractivity contribution in [1.82, 2.24) is 0 Å². The predicted octanol–water partition coefficient (Wildman–Crippen LogP) is 7.54. The summed E-state index contributed by atoms with van der Waals surface area (Å²) in [5.74, 6) is -0.977. The maximum absolute atomic E-state index is 12.5. The highest BCUT2D eigenvalue weighted by atomic mass is 17.2. The molecule has 0 spiro atoms. The number of unbranched alkanes of at least 4 members (excludes halogenated alkanes) is 2. The van der Waals surface area contributed by atoms with Gasteiger partial charge in [0.05, 0.1) is 11.8 Å². The lowest BCUT2D eigenvalue weighted by Crippen LogP contribution is -2.29. The first-order chi connectivity index (χ1) is 16.0. The number of benzene rings is 1. The van der Waals surface area contributed by atoms with Gasteiger partial charge in [0, 0.05) is 0 Å². The number of rotatable bonds is 16. The Morgan fingerprint density at radius 2 is 1.12 bits per heavy atom. The van der Waals surface area contributed by atoms with E-state index in [4.69, 9.17) is 19.6 Å². The Balaban J connectivity index is 2.84. The molecule has 0 amide bonds. The molecule has 0 aliphatic rings. The van der Waals surface area contributed by atoms with Crippen LogP contribution in [0.2, 0.25) is 0 Å². The highest BCUT2D eigenvalue weighted by Gasteiger charge is 2.31. The lowest BCUT2D eigenvalue weighted by atomic mass is 9.91. The van der Waals surface area contributed by atoms with Crippen LogP contribution in [-0.2, 0) is 40.3 Å². The SMILES string of the molecule is CCCCC(CC)C(=O)OOC(C)(C)c1cccc(C(C)(C)OOC(=O)C(CC)CCCC)c1. The molecule has 2 unspecified atom stereocenters. The number of hydrogen-bond acceptors (Lipinski definition) is 6. The fraction of sp³-hybridized carbons (Fsp3) is 0.714. The Morgan fingerprint density at radius 1 is 0.735 bits per heavy atom. The zero-order valence-corrected chi connectivity index (χ0v) is 22.6. The van der Waals surface area contributed by atoms with E-state index < -0.39 is 11.2 Å². The van der Waals surface area contributed by atoms with Crippen LogP contribution < -0.4 is 0 Å². The van der Waals surface area contributed by atoms with Crippen molar-refractivity contribution in [3.05, 3.63) is 35.4 Å². The minimum absolute atomic E-state index is 0.159. The number of carbonyl (C=O) groups excluding carboxylic acids is 2. The van der Waals surface area contributed by atoms with Crippen LogP contribution in [0.5, 0.6) is 0 Å². The van der Waals surface area contributed by atoms with Gasteiger partial charge < -0.3 is 0 Å². The normalized spacial score (nSPS) is 13.9. The van der Waals surface area contributed by atoms with Crippen LogP contribution in [0.25, 0.3) is 0 Å². The van der Waals surface area contributed by atoms with Crippen molar-refractivity contribution in [2.75, 3.05) is 0 Å². The molecule has 0 saturated carbocycles. The molecule has 6 heteroatoms. The minimum atomic E-state index is -0.866. The van der Waals surface area contributed by atoms with E-state index in [2.05, 4.69) is 13.8 Å². The topological polar surface area (TPSA) is 71.1 Å². The average Bonchev–Trinajstić information content (AvgIpc) is 2.82. The van der Waals surface area contributed by atoms with Crippen molar-refractivity contribution in [3.63, 3.8) is 0 Å². The van der Waals surface area contributed by atoms with Gasteiger partial charge in [-0.15, -0.1) is 0 Å². The molecule has 1 rings (SSSR count). The summed E-state index contributed by atoms with van der Waals surface area (Å²) >= 11 is 0. The molecule has 1 aromatic carbocycles. The van der Waals surface area contributed by atoms with Crippen LogP contribution in [0.4, 0.5) is 0 Å². The van der Waals surface area contributed by atoms with Crippen LogP contribution in [0, 0.1) is 11.8 Å². The fourth-order valence-corrected chi connectivity index (χ4v) is 3.67. The summed E-state index contributed by atoms with van der Waals surface area (Å²) in [5.41, 5.74) is -0.0993. The van der Waals surface area contributed by atoms with Crippen LogP contribution in [0.15, 0.2) is 24.3 Å². The van der Waals surface area contributed by atoms with Crippen molar-refractivity contribution < 1.29 is 29.1 Å². The molecule has 0 bridgehead atoms. The molecule has 0 heterocycles. The van der Waals surface area contributed by atoms with Gasteiger partial charge in [0.1, 0.15) is 11.2 Å². The van der Waals surface area contributed by atoms with Gasteiger partial charge >= 0.3 is 11.9 Å². The molecule has 2 atom stereocenters. The second-order valence-corrected chi connectivity index (χ2v) is 10.1. The molecule has 0 saturated heterocycles. The van der Waals surface area contributed by atoms with E-state index in [9.17, 15) is 9.59 Å². The summed E-state index contributed by atoms with van der Waals surface area (Å²) in [5, 5.41) is 0. The molecule has 194 valence electrons. The quantitative estimate of drug-likeness (QED) is 0.180. The van der Waals surface area contributed by atoms with Gasteiger partial charge in [-0.25, -0.2) is 9.59 Å². The Hall–Kier alpha value is -1.92. The molecule has 0 radical (unpaired) electrons. The third-order valence-electron chi connectivity index (χ3n) is 6.38. The highest BCUT2D eigenvalue weighted by molar-refractivity contribution is 5.72. The van der Waals surface area contributed by atoms with Gasteiger partial charge in [-0.2, -0.15) is 9.78 Å². The van der Waals surface area contributed by atoms with E-state index in [0.29, 0.717) is 0 Å². The molecular weight excluding hydrogens is 432 g/mol. The molecule has 0 aromatic heterocycles. The maximum atomic E-state index is 12.5. The maximum Gasteiger partial charge on any atom is 0.345 e. The zero-order chi connectivity index (χ0) is 25.8. The van der Waals surface area contributed by atoms with Crippen LogP contribution >= 0.6 is 0 Å². The van der Waals surface area contributed by atoms with Gasteiger partial charge in [0.25, 0.3) is 0 Å². The number of carbonyl (C=O) groups is 2. The second kappa shape index (κ2) is 14.5. The predicted molar refractivity (Wildman–Crippen MR) is 133 cm³/mol. The summed E-state index contributed by atoms with van der Waals surface area (Å²) in [6, 6.07) is 7.62. The first kappa shape index (κ1) is 30.1. The molecule has 0 aliphatic heterocycles. The molecule has 34 heavy (non-hydrogen) atoms. The zero-order valence-electron chi connectivity index (χ0n) is 22.6. The van der Waals surface area contributed by atoms with Crippen molar-refractivity contribution in [3.8, 4) is 0 Å². The van der Waals surface area contributed by atoms with Crippen LogP contribution in [0.1, 0.15) is 118 Å². The lowest BCUT2D eigenvalue weighted by Gasteiger charge is -2.28. The average molecular weight is 479 g/mol. The third-order valence-corrected chi connectivity index (χ3v) is 6.38. The van der Waals surface area contributed by atoms with Crippen molar-refractivity contribution >= 4 is 11.9 Å². The smallest absolute Gasteiger partial charge is 0.297 e. The Morgan fingerprint density at radius 3 is 1.44 bits per heavy atom. The van der Waals surface area contributed by atoms with E-state index in [1.54, 1.807) is 0 Å². The van der Waals surface area contributed by atoms with E-state index in [-0.39, 0.29) is 23.8 Å². The number of hydrogen-bond donors (Lipinski definition) is 0. The van der Waals surface area contributed by atoms with Gasteiger partial charge in [-0.1, -0.05) is 71.6 Å². The molecule has 0 fully saturated rings. The molecular formula is C28H46O6. The summed E-state index contributed by atoms with van der Waals surface area (Å²) < 4.78 is 0. The highest BCUT2D eigenvalue weighted by Crippen LogP contribution is 2.32. The summed E-state index contributed by atoms with van der Waals surface area (Å²) in [6.45, 7) is 15.6. The van der Waals surface area contributed by atoms with E-state index >= 15 is 0 Å². The monoisotopic (exact) mass is 478 g/mol. The Kier molecular flexibility index (Phi) is 12.8. The van der Waals surface area contributed by atoms with Crippen molar-refractivity contribution in [1.29, 1.82) is 0 Å². The fourth-order valence-electron chi connectivity index (χ4n) is 3.67. The standard InChI is InChI=1S/C28H46O6/c1-9-13-16-21(11-3)25(29)31-33-27(5,6)23-18-15-19-24(20-23)28(7,8)34-32-26(30)22(12-4)17-14-10-2/h15,18-22H,9-14,16-17H2,1-8H3. The Labute approximate surface area is 206 Å². The minimum Gasteiger partial charge on any atom is -0.297 e. The van der Waals surface area contributed by atoms with Gasteiger partial charge in [-0.05, 0) is 70.6 Å². The summed E-state index contributed by atoms with van der Waals surface area (Å²) in [6.07, 6.45) is 7.08. The Bertz CT molecular complexity index is 696. The molecule has 0 aliphatic carbocycles. The molecule has 0 N–H and O–H groups in total. The van der Waals surface area contributed by atoms with Crippen LogP contribution in [-0.4, -0.2) is 11.9 Å². The van der Waals surface area contributed by atoms with E-state index in [1.807, 2.05) is 65.8 Å². The summed E-state index contributed by atoms with van der Waals surface area (Å²) in [4.78, 5) is 46.6. The lowest BCUT2D eigenvalue weighted by molar-refractivity contribution is -0.334. The largest absolute Gasteiger partial charge is 0.345 e. The second-order valence-electron chi connectivity index (χ2n) is 10.1. The van der Waals surface area contributed by atoms with E-state index in [1.165, 1.54) is 0 Å². The molecule has 1 aromatic rings. The van der Waals surface area contributed by atoms with Gasteiger partial charge in [-0.3, -0.25) is 9.78 Å². The van der Waals surface area contributed by atoms with Crippen molar-refractivity contribution in [2.45, 2.75) is 118 Å².